The van der Waals surface area contributed by atoms with Crippen LogP contribution in [0.3, 0.4) is 0 Å². The molecule has 2 nitrogen and oxygen atoms in total. The van der Waals surface area contributed by atoms with E-state index in [-0.39, 0.29) is 0 Å². The molecule has 0 radical (unpaired) electrons. The minimum atomic E-state index is 0.865. The van der Waals surface area contributed by atoms with Gasteiger partial charge in [-0.3, -0.25) is 0 Å². The van der Waals surface area contributed by atoms with Gasteiger partial charge >= 0.3 is 0 Å². The normalized spacial score (nSPS) is 11.7. The Balaban J connectivity index is 1.91. The first kappa shape index (κ1) is 16.2. The molecule has 0 fully saturated rings. The number of benzene rings is 3. The Morgan fingerprint density at radius 2 is 1.58 bits per heavy atom. The minimum Gasteiger partial charge on any atom is -0.497 e. The van der Waals surface area contributed by atoms with E-state index in [9.17, 15) is 0 Å². The van der Waals surface area contributed by atoms with Crippen LogP contribution in [0.4, 0.5) is 0 Å². The maximum atomic E-state index is 5.32. The summed E-state index contributed by atoms with van der Waals surface area (Å²) in [6, 6.07) is 27.3. The van der Waals surface area contributed by atoms with Crippen molar-refractivity contribution in [3.8, 4) is 5.75 Å². The van der Waals surface area contributed by atoms with E-state index in [0.717, 1.165) is 11.3 Å². The average molecular weight is 339 g/mol. The Morgan fingerprint density at radius 3 is 2.35 bits per heavy atom. The van der Waals surface area contributed by atoms with Gasteiger partial charge in [0, 0.05) is 18.0 Å². The molecule has 4 aromatic rings. The Bertz CT molecular complexity index is 1070. The predicted molar refractivity (Wildman–Crippen MR) is 109 cm³/mol. The molecular weight excluding hydrogens is 318 g/mol. The van der Waals surface area contributed by atoms with Crippen molar-refractivity contribution in [1.29, 1.82) is 0 Å². The lowest BCUT2D eigenvalue weighted by molar-refractivity contribution is 0.415. The summed E-state index contributed by atoms with van der Waals surface area (Å²) in [6.07, 6.45) is 4.33. The van der Waals surface area contributed by atoms with Crippen LogP contribution in [0.15, 0.2) is 85.1 Å². The molecule has 1 aromatic heterocycles. The van der Waals surface area contributed by atoms with Gasteiger partial charge in [0.2, 0.25) is 0 Å². The zero-order chi connectivity index (χ0) is 17.9. The summed E-state index contributed by atoms with van der Waals surface area (Å²) in [6.45, 7) is 2.15. The highest BCUT2D eigenvalue weighted by Crippen LogP contribution is 2.29. The molecule has 2 heteroatoms. The fourth-order valence-corrected chi connectivity index (χ4v) is 3.30. The maximum Gasteiger partial charge on any atom is 0.118 e. The van der Waals surface area contributed by atoms with Crippen molar-refractivity contribution in [2.45, 2.75) is 6.92 Å². The molecule has 128 valence electrons. The standard InChI is InChI=1S/C24H21NO/c1-18-7-3-5-9-22(18)23(19-11-13-21(26-2)14-12-19)17-25-16-15-20-8-4-6-10-24(20)25/h3-17H,1-2H3/b23-17-. The summed E-state index contributed by atoms with van der Waals surface area (Å²) in [5.74, 6) is 0.865. The van der Waals surface area contributed by atoms with E-state index in [2.05, 4.69) is 90.6 Å². The second-order valence-electron chi connectivity index (χ2n) is 6.37. The van der Waals surface area contributed by atoms with E-state index in [1.54, 1.807) is 7.11 Å². The van der Waals surface area contributed by atoms with Crippen LogP contribution in [0.2, 0.25) is 0 Å². The van der Waals surface area contributed by atoms with Crippen LogP contribution in [-0.4, -0.2) is 11.7 Å². The van der Waals surface area contributed by atoms with Crippen LogP contribution in [0, 0.1) is 6.92 Å². The molecular formula is C24H21NO. The van der Waals surface area contributed by atoms with E-state index < -0.39 is 0 Å². The van der Waals surface area contributed by atoms with Gasteiger partial charge in [-0.2, -0.15) is 0 Å². The van der Waals surface area contributed by atoms with Gasteiger partial charge in [0.05, 0.1) is 12.6 Å². The fourth-order valence-electron chi connectivity index (χ4n) is 3.30. The van der Waals surface area contributed by atoms with Crippen LogP contribution < -0.4 is 4.74 Å². The largest absolute Gasteiger partial charge is 0.497 e. The highest BCUT2D eigenvalue weighted by molar-refractivity contribution is 5.92. The third kappa shape index (κ3) is 3.02. The number of para-hydroxylation sites is 1. The number of rotatable bonds is 4. The summed E-state index contributed by atoms with van der Waals surface area (Å²) >= 11 is 0. The number of hydrogen-bond acceptors (Lipinski definition) is 1. The number of nitrogens with zero attached hydrogens (tertiary/aromatic N) is 1. The molecule has 0 atom stereocenters. The molecule has 4 rings (SSSR count). The van der Waals surface area contributed by atoms with Crippen LogP contribution >= 0.6 is 0 Å². The Kier molecular flexibility index (Phi) is 4.32. The van der Waals surface area contributed by atoms with Gasteiger partial charge in [-0.05, 0) is 53.3 Å². The Hall–Kier alpha value is -3.26. The Labute approximate surface area is 154 Å². The molecule has 0 saturated carbocycles. The maximum absolute atomic E-state index is 5.32. The van der Waals surface area contributed by atoms with Gasteiger partial charge < -0.3 is 9.30 Å². The van der Waals surface area contributed by atoms with Gasteiger partial charge in [-0.1, -0.05) is 54.6 Å². The zero-order valence-electron chi connectivity index (χ0n) is 15.0. The van der Waals surface area contributed by atoms with Gasteiger partial charge in [0.15, 0.2) is 0 Å². The van der Waals surface area contributed by atoms with E-state index in [1.165, 1.54) is 27.6 Å². The predicted octanol–water partition coefficient (Wildman–Crippen LogP) is 6.00. The zero-order valence-corrected chi connectivity index (χ0v) is 15.0. The summed E-state index contributed by atoms with van der Waals surface area (Å²) in [5.41, 5.74) is 6.04. The number of aromatic nitrogens is 1. The number of hydrogen-bond donors (Lipinski definition) is 0. The molecule has 0 aliphatic carbocycles. The molecule has 0 spiro atoms. The summed E-state index contributed by atoms with van der Waals surface area (Å²) in [5, 5.41) is 1.24. The highest BCUT2D eigenvalue weighted by atomic mass is 16.5. The second-order valence-corrected chi connectivity index (χ2v) is 6.37. The number of methoxy groups -OCH3 is 1. The molecule has 1 heterocycles. The van der Waals surface area contributed by atoms with Crippen molar-refractivity contribution in [1.82, 2.24) is 4.57 Å². The third-order valence-corrected chi connectivity index (χ3v) is 4.73. The van der Waals surface area contributed by atoms with Crippen molar-refractivity contribution in [2.24, 2.45) is 0 Å². The number of fused-ring (bicyclic) bond motifs is 1. The van der Waals surface area contributed by atoms with E-state index in [1.807, 2.05) is 12.1 Å². The smallest absolute Gasteiger partial charge is 0.118 e. The van der Waals surface area contributed by atoms with E-state index in [4.69, 9.17) is 4.74 Å². The van der Waals surface area contributed by atoms with Crippen molar-refractivity contribution in [3.63, 3.8) is 0 Å². The molecule has 0 aliphatic heterocycles. The first-order chi connectivity index (χ1) is 12.8. The first-order valence-corrected chi connectivity index (χ1v) is 8.74. The van der Waals surface area contributed by atoms with E-state index >= 15 is 0 Å². The molecule has 0 amide bonds. The number of ether oxygens (including phenoxy) is 1. The summed E-state index contributed by atoms with van der Waals surface area (Å²) in [7, 11) is 1.69. The second kappa shape index (κ2) is 6.93. The van der Waals surface area contributed by atoms with Crippen molar-refractivity contribution in [3.05, 3.63) is 102 Å². The average Bonchev–Trinajstić information content (AvgIpc) is 3.10. The molecule has 0 aliphatic rings. The van der Waals surface area contributed by atoms with Crippen LogP contribution in [0.25, 0.3) is 22.7 Å². The van der Waals surface area contributed by atoms with E-state index in [0.29, 0.717) is 0 Å². The lowest BCUT2D eigenvalue weighted by atomic mass is 9.95. The van der Waals surface area contributed by atoms with Gasteiger partial charge in [0.25, 0.3) is 0 Å². The van der Waals surface area contributed by atoms with Gasteiger partial charge in [-0.15, -0.1) is 0 Å². The van der Waals surface area contributed by atoms with Crippen LogP contribution in [0.5, 0.6) is 5.75 Å². The third-order valence-electron chi connectivity index (χ3n) is 4.73. The molecule has 3 aromatic carbocycles. The van der Waals surface area contributed by atoms with Gasteiger partial charge in [-0.25, -0.2) is 0 Å². The molecule has 0 unspecified atom stereocenters. The SMILES string of the molecule is COc1ccc(/C(=C/n2ccc3ccccc32)c2ccccc2C)cc1. The molecule has 0 bridgehead atoms. The quantitative estimate of drug-likeness (QED) is 0.444. The highest BCUT2D eigenvalue weighted by Gasteiger charge is 2.09. The van der Waals surface area contributed by atoms with Crippen LogP contribution in [0.1, 0.15) is 16.7 Å². The monoisotopic (exact) mass is 339 g/mol. The van der Waals surface area contributed by atoms with Crippen molar-refractivity contribution in [2.75, 3.05) is 7.11 Å². The van der Waals surface area contributed by atoms with Crippen molar-refractivity contribution < 1.29 is 4.74 Å². The lowest BCUT2D eigenvalue weighted by Crippen LogP contribution is -1.95. The fraction of sp³-hybridized carbons (Fsp3) is 0.0833. The topological polar surface area (TPSA) is 14.2 Å². The van der Waals surface area contributed by atoms with Gasteiger partial charge in [0.1, 0.15) is 5.75 Å². The molecule has 26 heavy (non-hydrogen) atoms. The number of aryl methyl sites for hydroxylation is 1. The van der Waals surface area contributed by atoms with Crippen molar-refractivity contribution >= 4 is 22.7 Å². The molecule has 0 N–H and O–H groups in total. The summed E-state index contributed by atoms with van der Waals surface area (Å²) < 4.78 is 7.51. The first-order valence-electron chi connectivity index (χ1n) is 8.74. The minimum absolute atomic E-state index is 0.865. The lowest BCUT2D eigenvalue weighted by Gasteiger charge is -2.13. The Morgan fingerprint density at radius 1 is 0.846 bits per heavy atom. The summed E-state index contributed by atoms with van der Waals surface area (Å²) in [4.78, 5) is 0. The van der Waals surface area contributed by atoms with Crippen LogP contribution in [-0.2, 0) is 0 Å². The molecule has 0 saturated heterocycles.